The summed E-state index contributed by atoms with van der Waals surface area (Å²) in [4.78, 5) is 11.7. The highest BCUT2D eigenvalue weighted by Gasteiger charge is 2.03. The normalized spacial score (nSPS) is 16.1. The molecule has 6 heteroatoms. The number of nitrogens with zero attached hydrogens (tertiary/aromatic N) is 5. The van der Waals surface area contributed by atoms with Crippen LogP contribution in [-0.4, -0.2) is 18.5 Å². The average molecular weight is 201 g/mol. The van der Waals surface area contributed by atoms with Gasteiger partial charge < -0.3 is 4.84 Å². The average Bonchev–Trinajstić information content (AvgIpc) is 2.74. The smallest absolute Gasteiger partial charge is 0.160 e. The first-order valence-corrected chi connectivity index (χ1v) is 4.26. The molecule has 0 saturated carbocycles. The van der Waals surface area contributed by atoms with Crippen molar-refractivity contribution in [3.63, 3.8) is 0 Å². The molecule has 1 heterocycles. The Bertz CT molecular complexity index is 456. The van der Waals surface area contributed by atoms with E-state index >= 15 is 0 Å². The highest BCUT2D eigenvalue weighted by atomic mass is 16.6. The lowest BCUT2D eigenvalue weighted by atomic mass is 10.3. The van der Waals surface area contributed by atoms with E-state index in [0.29, 0.717) is 12.3 Å². The maximum absolute atomic E-state index is 8.22. The number of hydrogen-bond donors (Lipinski definition) is 0. The molecule has 1 aliphatic heterocycles. The highest BCUT2D eigenvalue weighted by molar-refractivity contribution is 6.32. The molecule has 74 valence electrons. The van der Waals surface area contributed by atoms with Gasteiger partial charge in [-0.2, -0.15) is 0 Å². The van der Waals surface area contributed by atoms with Crippen molar-refractivity contribution >= 4 is 23.3 Å². The van der Waals surface area contributed by atoms with Gasteiger partial charge >= 0.3 is 0 Å². The zero-order valence-corrected chi connectivity index (χ0v) is 7.74. The van der Waals surface area contributed by atoms with Gasteiger partial charge in [0.15, 0.2) is 6.61 Å². The molecule has 0 unspecified atom stereocenters. The summed E-state index contributed by atoms with van der Waals surface area (Å²) in [5, 5.41) is 7.05. The third kappa shape index (κ3) is 2.32. The predicted molar refractivity (Wildman–Crippen MR) is 56.8 cm³/mol. The molecule has 0 atom stereocenters. The van der Waals surface area contributed by atoms with Crippen molar-refractivity contribution in [3.8, 4) is 0 Å². The fourth-order valence-electron chi connectivity index (χ4n) is 1.11. The molecule has 0 spiro atoms. The fraction of sp³-hybridized carbons (Fsp3) is 0.111. The zero-order chi connectivity index (χ0) is 10.5. The third-order valence-corrected chi connectivity index (χ3v) is 1.77. The molecule has 1 aliphatic rings. The van der Waals surface area contributed by atoms with Crippen molar-refractivity contribution in [1.29, 1.82) is 0 Å². The third-order valence-electron chi connectivity index (χ3n) is 1.77. The fourth-order valence-corrected chi connectivity index (χ4v) is 1.11. The molecule has 0 aliphatic carbocycles. The number of hydrogen-bond acceptors (Lipinski definition) is 4. The van der Waals surface area contributed by atoms with Gasteiger partial charge in [-0.25, -0.2) is 4.99 Å². The molecule has 0 saturated heterocycles. The molecule has 0 aromatic heterocycles. The summed E-state index contributed by atoms with van der Waals surface area (Å²) in [5.74, 6) is 0. The van der Waals surface area contributed by atoms with Crippen LogP contribution in [0.1, 0.15) is 0 Å². The van der Waals surface area contributed by atoms with Crippen LogP contribution < -0.4 is 0 Å². The summed E-state index contributed by atoms with van der Waals surface area (Å²) in [6.07, 6.45) is 1.57. The second kappa shape index (κ2) is 4.26. The lowest BCUT2D eigenvalue weighted by molar-refractivity contribution is 0.198. The number of rotatable bonds is 2. The second-order valence-electron chi connectivity index (χ2n) is 2.82. The van der Waals surface area contributed by atoms with Crippen LogP contribution in [0.5, 0.6) is 0 Å². The van der Waals surface area contributed by atoms with Crippen molar-refractivity contribution < 1.29 is 4.84 Å². The quantitative estimate of drug-likeness (QED) is 0.411. The Labute approximate surface area is 85.5 Å². The molecular formula is C9H7N5O. The van der Waals surface area contributed by atoms with Gasteiger partial charge in [0.1, 0.15) is 5.71 Å². The molecule has 2 rings (SSSR count). The Hall–Kier alpha value is -2.33. The molecule has 15 heavy (non-hydrogen) atoms. The minimum absolute atomic E-state index is 0.401. The number of aliphatic imine (C=N–C) groups is 1. The Morgan fingerprint density at radius 2 is 2.00 bits per heavy atom. The van der Waals surface area contributed by atoms with Crippen molar-refractivity contribution in [1.82, 2.24) is 0 Å². The Kier molecular flexibility index (Phi) is 2.62. The van der Waals surface area contributed by atoms with E-state index in [1.807, 2.05) is 0 Å². The van der Waals surface area contributed by atoms with E-state index in [0.717, 1.165) is 11.4 Å². The number of oxime groups is 1. The molecule has 1 aromatic carbocycles. The first-order chi connectivity index (χ1) is 7.38. The SMILES string of the molecule is [N-]=[N+]=Nc1ccc(N=C2C=NOC2)cc1. The minimum Gasteiger partial charge on any atom is -0.389 e. The molecule has 0 bridgehead atoms. The summed E-state index contributed by atoms with van der Waals surface area (Å²) in [6, 6.07) is 6.93. The van der Waals surface area contributed by atoms with Crippen LogP contribution in [0, 0.1) is 0 Å². The van der Waals surface area contributed by atoms with Crippen LogP contribution in [0.25, 0.3) is 10.4 Å². The van der Waals surface area contributed by atoms with Crippen LogP contribution in [0.4, 0.5) is 11.4 Å². The summed E-state index contributed by atoms with van der Waals surface area (Å²) in [7, 11) is 0. The molecule has 6 nitrogen and oxygen atoms in total. The van der Waals surface area contributed by atoms with Crippen LogP contribution in [0.15, 0.2) is 39.5 Å². The van der Waals surface area contributed by atoms with Gasteiger partial charge in [-0.15, -0.1) is 0 Å². The first kappa shape index (κ1) is 9.23. The van der Waals surface area contributed by atoms with Crippen LogP contribution in [-0.2, 0) is 4.84 Å². The van der Waals surface area contributed by atoms with Gasteiger partial charge in [0.25, 0.3) is 0 Å². The van der Waals surface area contributed by atoms with Crippen LogP contribution in [0.3, 0.4) is 0 Å². The molecule has 0 fully saturated rings. The number of azide groups is 1. The van der Waals surface area contributed by atoms with E-state index in [2.05, 4.69) is 20.2 Å². The Balaban J connectivity index is 2.20. The molecule has 1 aromatic rings. The van der Waals surface area contributed by atoms with Gasteiger partial charge in [-0.1, -0.05) is 22.4 Å². The van der Waals surface area contributed by atoms with Gasteiger partial charge in [0, 0.05) is 10.6 Å². The van der Waals surface area contributed by atoms with Crippen molar-refractivity contribution in [2.45, 2.75) is 0 Å². The monoisotopic (exact) mass is 201 g/mol. The van der Waals surface area contributed by atoms with E-state index in [4.69, 9.17) is 10.4 Å². The standard InChI is InChI=1S/C9H7N5O/c10-14-13-8-3-1-7(2-4-8)12-9-5-11-15-6-9/h1-5H,6H2. The maximum atomic E-state index is 8.22. The largest absolute Gasteiger partial charge is 0.389 e. The molecule has 0 N–H and O–H groups in total. The van der Waals surface area contributed by atoms with Crippen molar-refractivity contribution in [3.05, 3.63) is 34.7 Å². The minimum atomic E-state index is 0.401. The summed E-state index contributed by atoms with van der Waals surface area (Å²) < 4.78 is 0. The summed E-state index contributed by atoms with van der Waals surface area (Å²) in [6.45, 7) is 0.401. The van der Waals surface area contributed by atoms with E-state index in [9.17, 15) is 0 Å². The molecular weight excluding hydrogens is 194 g/mol. The van der Waals surface area contributed by atoms with E-state index in [1.54, 1.807) is 30.5 Å². The lowest BCUT2D eigenvalue weighted by Crippen LogP contribution is -1.98. The van der Waals surface area contributed by atoms with Gasteiger partial charge in [0.2, 0.25) is 0 Å². The Morgan fingerprint density at radius 1 is 1.27 bits per heavy atom. The second-order valence-corrected chi connectivity index (χ2v) is 2.82. The van der Waals surface area contributed by atoms with Gasteiger partial charge in [-0.05, 0) is 17.7 Å². The zero-order valence-electron chi connectivity index (χ0n) is 7.74. The van der Waals surface area contributed by atoms with Crippen LogP contribution >= 0.6 is 0 Å². The summed E-state index contributed by atoms with van der Waals surface area (Å²) >= 11 is 0. The maximum Gasteiger partial charge on any atom is 0.160 e. The Morgan fingerprint density at radius 3 is 2.60 bits per heavy atom. The van der Waals surface area contributed by atoms with Crippen LogP contribution in [0.2, 0.25) is 0 Å². The van der Waals surface area contributed by atoms with Gasteiger partial charge in [0.05, 0.1) is 11.9 Å². The molecule has 0 radical (unpaired) electrons. The molecule has 0 amide bonds. The number of benzene rings is 1. The van der Waals surface area contributed by atoms with Crippen molar-refractivity contribution in [2.24, 2.45) is 15.3 Å². The topological polar surface area (TPSA) is 82.7 Å². The lowest BCUT2D eigenvalue weighted by Gasteiger charge is -1.95. The van der Waals surface area contributed by atoms with E-state index in [1.165, 1.54) is 0 Å². The highest BCUT2D eigenvalue weighted by Crippen LogP contribution is 2.19. The first-order valence-electron chi connectivity index (χ1n) is 4.26. The van der Waals surface area contributed by atoms with E-state index < -0.39 is 0 Å². The van der Waals surface area contributed by atoms with Gasteiger partial charge in [-0.3, -0.25) is 0 Å². The van der Waals surface area contributed by atoms with Crippen molar-refractivity contribution in [2.75, 3.05) is 6.61 Å². The predicted octanol–water partition coefficient (Wildman–Crippen LogP) is 2.72. The summed E-state index contributed by atoms with van der Waals surface area (Å²) in [5.41, 5.74) is 10.3. The van der Waals surface area contributed by atoms with E-state index in [-0.39, 0.29) is 0 Å².